The first-order chi connectivity index (χ1) is 7.71. The third-order valence-electron chi connectivity index (χ3n) is 4.31. The summed E-state index contributed by atoms with van der Waals surface area (Å²) in [5, 5.41) is 0. The van der Waals surface area contributed by atoms with Gasteiger partial charge in [0.1, 0.15) is 0 Å². The summed E-state index contributed by atoms with van der Waals surface area (Å²) in [7, 11) is 2.25. The van der Waals surface area contributed by atoms with Gasteiger partial charge in [0.05, 0.1) is 0 Å². The Morgan fingerprint density at radius 1 is 1.24 bits per heavy atom. The molecular weight excluding hydrogens is 208 g/mol. The first-order valence-electron chi connectivity index (χ1n) is 7.17. The van der Waals surface area contributed by atoms with Crippen molar-refractivity contribution in [1.82, 2.24) is 4.90 Å². The van der Waals surface area contributed by atoms with Crippen molar-refractivity contribution in [1.29, 1.82) is 0 Å². The van der Waals surface area contributed by atoms with Gasteiger partial charge in [-0.15, -0.1) is 0 Å². The lowest BCUT2D eigenvalue weighted by Crippen LogP contribution is -2.52. The summed E-state index contributed by atoms with van der Waals surface area (Å²) in [6, 6.07) is 0.952. The van der Waals surface area contributed by atoms with Crippen molar-refractivity contribution in [2.24, 2.45) is 23.0 Å². The lowest BCUT2D eigenvalue weighted by atomic mass is 9.69. The molecule has 1 fully saturated rings. The van der Waals surface area contributed by atoms with Gasteiger partial charge in [0, 0.05) is 18.6 Å². The van der Waals surface area contributed by atoms with Crippen LogP contribution < -0.4 is 5.73 Å². The molecule has 0 aliphatic heterocycles. The molecule has 3 atom stereocenters. The highest BCUT2D eigenvalue weighted by Gasteiger charge is 2.36. The molecule has 0 bridgehead atoms. The average Bonchev–Trinajstić information content (AvgIpc) is 2.15. The molecule has 0 aromatic rings. The minimum Gasteiger partial charge on any atom is -0.326 e. The molecule has 2 heteroatoms. The smallest absolute Gasteiger partial charge is 0.0247 e. The van der Waals surface area contributed by atoms with E-state index in [0.29, 0.717) is 17.5 Å². The van der Waals surface area contributed by atoms with Gasteiger partial charge in [-0.25, -0.2) is 0 Å². The molecule has 2 N–H and O–H groups in total. The van der Waals surface area contributed by atoms with Gasteiger partial charge in [0.2, 0.25) is 0 Å². The fourth-order valence-corrected chi connectivity index (χ4v) is 3.17. The van der Waals surface area contributed by atoms with Crippen LogP contribution in [0.25, 0.3) is 0 Å². The van der Waals surface area contributed by atoms with Crippen molar-refractivity contribution in [2.45, 2.75) is 66.0 Å². The molecule has 0 saturated heterocycles. The number of rotatable bonds is 3. The molecule has 1 saturated carbocycles. The van der Waals surface area contributed by atoms with Crippen LogP contribution in [0.1, 0.15) is 53.9 Å². The van der Waals surface area contributed by atoms with Gasteiger partial charge in [-0.1, -0.05) is 34.6 Å². The zero-order valence-electron chi connectivity index (χ0n) is 12.7. The fourth-order valence-electron chi connectivity index (χ4n) is 3.17. The second kappa shape index (κ2) is 5.71. The molecule has 17 heavy (non-hydrogen) atoms. The number of likely N-dealkylation sites (N-methyl/N-ethyl adjacent to an activating group) is 1. The minimum atomic E-state index is 0.373. The molecule has 0 spiro atoms. The van der Waals surface area contributed by atoms with Gasteiger partial charge in [0.25, 0.3) is 0 Å². The first kappa shape index (κ1) is 15.0. The minimum absolute atomic E-state index is 0.373. The van der Waals surface area contributed by atoms with Gasteiger partial charge < -0.3 is 10.6 Å². The topological polar surface area (TPSA) is 29.3 Å². The molecule has 3 unspecified atom stereocenters. The van der Waals surface area contributed by atoms with Crippen molar-refractivity contribution >= 4 is 0 Å². The lowest BCUT2D eigenvalue weighted by Gasteiger charge is -2.44. The van der Waals surface area contributed by atoms with Crippen LogP contribution in [0.4, 0.5) is 0 Å². The molecule has 2 nitrogen and oxygen atoms in total. The zero-order valence-corrected chi connectivity index (χ0v) is 12.7. The van der Waals surface area contributed by atoms with Crippen molar-refractivity contribution in [2.75, 3.05) is 13.6 Å². The van der Waals surface area contributed by atoms with E-state index in [4.69, 9.17) is 5.73 Å². The standard InChI is InChI=1S/C15H32N2/c1-11(2)10-17(6)14-9-12(15(3,4)5)7-8-13(14)16/h11-14H,7-10,16H2,1-6H3. The molecule has 102 valence electrons. The van der Waals surface area contributed by atoms with Crippen molar-refractivity contribution in [3.63, 3.8) is 0 Å². The Morgan fingerprint density at radius 3 is 2.29 bits per heavy atom. The van der Waals surface area contributed by atoms with E-state index in [1.54, 1.807) is 0 Å². The number of nitrogens with two attached hydrogens (primary N) is 1. The third kappa shape index (κ3) is 4.26. The largest absolute Gasteiger partial charge is 0.326 e. The van der Waals surface area contributed by atoms with E-state index in [0.717, 1.165) is 18.4 Å². The van der Waals surface area contributed by atoms with E-state index >= 15 is 0 Å². The predicted molar refractivity (Wildman–Crippen MR) is 76.0 cm³/mol. The third-order valence-corrected chi connectivity index (χ3v) is 4.31. The summed E-state index contributed by atoms with van der Waals surface area (Å²) in [6.45, 7) is 12.8. The summed E-state index contributed by atoms with van der Waals surface area (Å²) in [5.41, 5.74) is 6.75. The quantitative estimate of drug-likeness (QED) is 0.821. The Morgan fingerprint density at radius 2 is 1.82 bits per heavy atom. The Labute approximate surface area is 108 Å². The molecule has 1 aliphatic carbocycles. The highest BCUT2D eigenvalue weighted by Crippen LogP contribution is 2.38. The van der Waals surface area contributed by atoms with Gasteiger partial charge in [-0.2, -0.15) is 0 Å². The van der Waals surface area contributed by atoms with Crippen LogP contribution in [0.5, 0.6) is 0 Å². The second-order valence-corrected chi connectivity index (χ2v) is 7.44. The molecule has 0 aromatic heterocycles. The van der Waals surface area contributed by atoms with Gasteiger partial charge in [-0.3, -0.25) is 0 Å². The molecule has 0 heterocycles. The highest BCUT2D eigenvalue weighted by atomic mass is 15.1. The summed E-state index contributed by atoms with van der Waals surface area (Å²) in [6.07, 6.45) is 3.76. The number of hydrogen-bond acceptors (Lipinski definition) is 2. The Kier molecular flexibility index (Phi) is 5.03. The summed E-state index contributed by atoms with van der Waals surface area (Å²) in [4.78, 5) is 2.49. The average molecular weight is 240 g/mol. The fraction of sp³-hybridized carbons (Fsp3) is 1.00. The molecular formula is C15H32N2. The molecule has 1 rings (SSSR count). The van der Waals surface area contributed by atoms with Crippen molar-refractivity contribution in [3.05, 3.63) is 0 Å². The molecule has 0 amide bonds. The van der Waals surface area contributed by atoms with Crippen LogP contribution in [0.2, 0.25) is 0 Å². The Balaban J connectivity index is 2.63. The van der Waals surface area contributed by atoms with Gasteiger partial charge in [0.15, 0.2) is 0 Å². The predicted octanol–water partition coefficient (Wildman–Crippen LogP) is 3.12. The lowest BCUT2D eigenvalue weighted by molar-refractivity contribution is 0.0783. The first-order valence-corrected chi connectivity index (χ1v) is 7.17. The number of hydrogen-bond donors (Lipinski definition) is 1. The van der Waals surface area contributed by atoms with E-state index in [2.05, 4.69) is 46.6 Å². The van der Waals surface area contributed by atoms with Crippen LogP contribution in [0.15, 0.2) is 0 Å². The van der Waals surface area contributed by atoms with E-state index in [1.807, 2.05) is 0 Å². The van der Waals surface area contributed by atoms with Gasteiger partial charge in [-0.05, 0) is 43.6 Å². The number of nitrogens with zero attached hydrogens (tertiary/aromatic N) is 1. The molecule has 0 aromatic carbocycles. The van der Waals surface area contributed by atoms with Crippen LogP contribution in [-0.2, 0) is 0 Å². The van der Waals surface area contributed by atoms with Crippen LogP contribution in [0, 0.1) is 17.3 Å². The normalized spacial score (nSPS) is 31.2. The van der Waals surface area contributed by atoms with Gasteiger partial charge >= 0.3 is 0 Å². The summed E-state index contributed by atoms with van der Waals surface area (Å²) >= 11 is 0. The van der Waals surface area contributed by atoms with E-state index < -0.39 is 0 Å². The zero-order chi connectivity index (χ0) is 13.2. The maximum Gasteiger partial charge on any atom is 0.0247 e. The Bertz CT molecular complexity index is 230. The molecule has 1 aliphatic rings. The van der Waals surface area contributed by atoms with E-state index in [1.165, 1.54) is 19.3 Å². The Hall–Kier alpha value is -0.0800. The van der Waals surface area contributed by atoms with E-state index in [9.17, 15) is 0 Å². The SMILES string of the molecule is CC(C)CN(C)C1CC(C(C)(C)C)CCC1N. The summed E-state index contributed by atoms with van der Waals surface area (Å²) < 4.78 is 0. The van der Waals surface area contributed by atoms with Crippen molar-refractivity contribution < 1.29 is 0 Å². The molecule has 0 radical (unpaired) electrons. The van der Waals surface area contributed by atoms with Crippen LogP contribution >= 0.6 is 0 Å². The summed E-state index contributed by atoms with van der Waals surface area (Å²) in [5.74, 6) is 1.55. The monoisotopic (exact) mass is 240 g/mol. The second-order valence-electron chi connectivity index (χ2n) is 7.44. The maximum atomic E-state index is 6.32. The van der Waals surface area contributed by atoms with E-state index in [-0.39, 0.29) is 0 Å². The maximum absolute atomic E-state index is 6.32. The highest BCUT2D eigenvalue weighted by molar-refractivity contribution is 4.92. The van der Waals surface area contributed by atoms with Crippen molar-refractivity contribution in [3.8, 4) is 0 Å². The van der Waals surface area contributed by atoms with Crippen LogP contribution in [-0.4, -0.2) is 30.6 Å². The van der Waals surface area contributed by atoms with Crippen LogP contribution in [0.3, 0.4) is 0 Å².